The zero-order chi connectivity index (χ0) is 17.3. The minimum Gasteiger partial charge on any atom is -0.350 e. The molecule has 3 rings (SSSR count). The molecule has 6 nitrogen and oxygen atoms in total. The zero-order valence-corrected chi connectivity index (χ0v) is 14.9. The van der Waals surface area contributed by atoms with Gasteiger partial charge in [-0.3, -0.25) is 0 Å². The molecule has 2 aromatic rings. The zero-order valence-electron chi connectivity index (χ0n) is 14.1. The summed E-state index contributed by atoms with van der Waals surface area (Å²) in [6.07, 6.45) is 0.597. The Morgan fingerprint density at radius 2 is 1.92 bits per heavy atom. The first-order valence-corrected chi connectivity index (χ1v) is 9.80. The number of nitrogens with zero attached hydrogens (tertiary/aromatic N) is 2. The normalized spacial score (nSPS) is 19.2. The van der Waals surface area contributed by atoms with Gasteiger partial charge in [-0.15, -0.1) is 0 Å². The third-order valence-corrected chi connectivity index (χ3v) is 5.84. The Morgan fingerprint density at radius 3 is 2.62 bits per heavy atom. The second-order valence-electron chi connectivity index (χ2n) is 6.41. The molecule has 0 bridgehead atoms. The van der Waals surface area contributed by atoms with Crippen molar-refractivity contribution < 1.29 is 8.42 Å². The van der Waals surface area contributed by atoms with Crippen LogP contribution in [0.1, 0.15) is 23.2 Å². The highest BCUT2D eigenvalue weighted by Crippen LogP contribution is 2.22. The van der Waals surface area contributed by atoms with Crippen LogP contribution < -0.4 is 10.6 Å². The molecule has 1 aliphatic heterocycles. The van der Waals surface area contributed by atoms with Gasteiger partial charge in [0.2, 0.25) is 5.95 Å². The lowest BCUT2D eigenvalue weighted by Crippen LogP contribution is -2.22. The second-order valence-corrected chi connectivity index (χ2v) is 8.63. The monoisotopic (exact) mass is 346 g/mol. The van der Waals surface area contributed by atoms with Crippen LogP contribution in [0, 0.1) is 20.8 Å². The first-order valence-electron chi connectivity index (χ1n) is 7.98. The Morgan fingerprint density at radius 1 is 1.12 bits per heavy atom. The number of hydrogen-bond acceptors (Lipinski definition) is 6. The van der Waals surface area contributed by atoms with E-state index in [2.05, 4.69) is 38.8 Å². The molecule has 7 heteroatoms. The molecule has 0 radical (unpaired) electrons. The van der Waals surface area contributed by atoms with Gasteiger partial charge in [-0.25, -0.2) is 13.4 Å². The fourth-order valence-electron chi connectivity index (χ4n) is 2.80. The Kier molecular flexibility index (Phi) is 4.45. The van der Waals surface area contributed by atoms with E-state index in [4.69, 9.17) is 0 Å². The van der Waals surface area contributed by atoms with Crippen LogP contribution in [0.4, 0.5) is 17.5 Å². The molecule has 24 heavy (non-hydrogen) atoms. The molecule has 1 aromatic heterocycles. The number of hydrogen-bond donors (Lipinski definition) is 2. The molecular formula is C17H22N4O2S. The number of aromatic nitrogens is 2. The molecule has 1 fully saturated rings. The fourth-order valence-corrected chi connectivity index (χ4v) is 4.47. The van der Waals surface area contributed by atoms with Crippen LogP contribution in [0.25, 0.3) is 0 Å². The Hall–Kier alpha value is -2.15. The van der Waals surface area contributed by atoms with Crippen LogP contribution in [0.5, 0.6) is 0 Å². The van der Waals surface area contributed by atoms with Gasteiger partial charge in [0.05, 0.1) is 11.5 Å². The molecule has 0 amide bonds. The molecule has 1 aliphatic rings. The summed E-state index contributed by atoms with van der Waals surface area (Å²) in [5.41, 5.74) is 4.13. The van der Waals surface area contributed by atoms with Crippen molar-refractivity contribution in [1.82, 2.24) is 9.97 Å². The van der Waals surface area contributed by atoms with Gasteiger partial charge in [-0.1, -0.05) is 12.1 Å². The maximum Gasteiger partial charge on any atom is 0.225 e. The molecule has 1 unspecified atom stereocenters. The van der Waals surface area contributed by atoms with E-state index in [1.54, 1.807) is 0 Å². The molecule has 1 saturated heterocycles. The molecule has 1 aromatic carbocycles. The summed E-state index contributed by atoms with van der Waals surface area (Å²) in [6, 6.07) is 7.96. The highest BCUT2D eigenvalue weighted by Gasteiger charge is 2.28. The minimum atomic E-state index is -2.93. The summed E-state index contributed by atoms with van der Waals surface area (Å²) in [4.78, 5) is 8.85. The van der Waals surface area contributed by atoms with E-state index < -0.39 is 9.84 Å². The van der Waals surface area contributed by atoms with Gasteiger partial charge in [0, 0.05) is 23.5 Å². The number of nitrogens with one attached hydrogen (secondary N) is 2. The third kappa shape index (κ3) is 4.03. The molecule has 0 saturated carbocycles. The fraction of sp³-hybridized carbons (Fsp3) is 0.412. The Labute approximate surface area is 142 Å². The van der Waals surface area contributed by atoms with Crippen molar-refractivity contribution >= 4 is 27.3 Å². The molecule has 0 spiro atoms. The molecule has 0 aliphatic carbocycles. The molecule has 1 atom stereocenters. The van der Waals surface area contributed by atoms with Crippen molar-refractivity contribution in [2.75, 3.05) is 22.1 Å². The second kappa shape index (κ2) is 6.39. The van der Waals surface area contributed by atoms with Gasteiger partial charge in [0.15, 0.2) is 9.84 Å². The predicted octanol–water partition coefficient (Wildman–Crippen LogP) is 2.74. The Bertz CT molecular complexity index is 865. The van der Waals surface area contributed by atoms with Crippen LogP contribution in [0.2, 0.25) is 0 Å². The quantitative estimate of drug-likeness (QED) is 0.885. The summed E-state index contributed by atoms with van der Waals surface area (Å²) >= 11 is 0. The lowest BCUT2D eigenvalue weighted by Gasteiger charge is -2.14. The van der Waals surface area contributed by atoms with E-state index >= 15 is 0 Å². The van der Waals surface area contributed by atoms with Crippen LogP contribution in [-0.2, 0) is 9.84 Å². The summed E-state index contributed by atoms with van der Waals surface area (Å²) in [5.74, 6) is 1.53. The average Bonchev–Trinajstić information content (AvgIpc) is 2.81. The maximum absolute atomic E-state index is 11.6. The first-order chi connectivity index (χ1) is 11.3. The van der Waals surface area contributed by atoms with Gasteiger partial charge >= 0.3 is 0 Å². The van der Waals surface area contributed by atoms with Crippen LogP contribution in [0.15, 0.2) is 24.3 Å². The van der Waals surface area contributed by atoms with Gasteiger partial charge in [-0.2, -0.15) is 4.98 Å². The van der Waals surface area contributed by atoms with Gasteiger partial charge in [-0.05, 0) is 44.4 Å². The van der Waals surface area contributed by atoms with Crippen LogP contribution in [-0.4, -0.2) is 35.9 Å². The standard InChI is InChI=1S/C17H22N4O2S/c1-11-4-5-12(2)15(8-11)20-16-9-13(3)18-17(21-16)19-14-6-7-24(22,23)10-14/h4-5,8-9,14H,6-7,10H2,1-3H3,(H2,18,19,20,21). The van der Waals surface area contributed by atoms with Crippen molar-refractivity contribution in [2.45, 2.75) is 33.2 Å². The number of sulfone groups is 1. The van der Waals surface area contributed by atoms with E-state index in [0.717, 1.165) is 16.9 Å². The van der Waals surface area contributed by atoms with E-state index in [1.807, 2.05) is 26.8 Å². The highest BCUT2D eigenvalue weighted by atomic mass is 32.2. The number of benzene rings is 1. The van der Waals surface area contributed by atoms with Crippen molar-refractivity contribution in [3.63, 3.8) is 0 Å². The van der Waals surface area contributed by atoms with E-state index in [9.17, 15) is 8.42 Å². The average molecular weight is 346 g/mol. The van der Waals surface area contributed by atoms with Gasteiger partial charge in [0.1, 0.15) is 5.82 Å². The van der Waals surface area contributed by atoms with Crippen LogP contribution in [0.3, 0.4) is 0 Å². The summed E-state index contributed by atoms with van der Waals surface area (Å²) < 4.78 is 23.2. The minimum absolute atomic E-state index is 0.120. The smallest absolute Gasteiger partial charge is 0.225 e. The van der Waals surface area contributed by atoms with E-state index in [0.29, 0.717) is 18.2 Å². The number of rotatable bonds is 4. The summed E-state index contributed by atoms with van der Waals surface area (Å²) in [6.45, 7) is 5.98. The summed E-state index contributed by atoms with van der Waals surface area (Å²) in [7, 11) is -2.93. The van der Waals surface area contributed by atoms with Crippen molar-refractivity contribution in [2.24, 2.45) is 0 Å². The number of anilines is 3. The molecule has 128 valence electrons. The lowest BCUT2D eigenvalue weighted by atomic mass is 10.1. The lowest BCUT2D eigenvalue weighted by molar-refractivity contribution is 0.602. The van der Waals surface area contributed by atoms with Crippen molar-refractivity contribution in [3.8, 4) is 0 Å². The SMILES string of the molecule is Cc1ccc(C)c(Nc2cc(C)nc(NC3CCS(=O)(=O)C3)n2)c1. The van der Waals surface area contributed by atoms with Crippen molar-refractivity contribution in [3.05, 3.63) is 41.1 Å². The molecule has 2 heterocycles. The number of aryl methyl sites for hydroxylation is 3. The predicted molar refractivity (Wildman–Crippen MR) is 96.6 cm³/mol. The molecule has 2 N–H and O–H groups in total. The topological polar surface area (TPSA) is 84.0 Å². The largest absolute Gasteiger partial charge is 0.350 e. The highest BCUT2D eigenvalue weighted by molar-refractivity contribution is 7.91. The van der Waals surface area contributed by atoms with E-state index in [-0.39, 0.29) is 17.5 Å². The van der Waals surface area contributed by atoms with Crippen LogP contribution >= 0.6 is 0 Å². The molecular weight excluding hydrogens is 324 g/mol. The first kappa shape index (κ1) is 16.7. The summed E-state index contributed by atoms with van der Waals surface area (Å²) in [5, 5.41) is 6.47. The van der Waals surface area contributed by atoms with E-state index in [1.165, 1.54) is 5.56 Å². The van der Waals surface area contributed by atoms with Gasteiger partial charge < -0.3 is 10.6 Å². The maximum atomic E-state index is 11.6. The van der Waals surface area contributed by atoms with Gasteiger partial charge in [0.25, 0.3) is 0 Å². The Balaban J connectivity index is 1.80. The van der Waals surface area contributed by atoms with Crippen molar-refractivity contribution in [1.29, 1.82) is 0 Å². The third-order valence-electron chi connectivity index (χ3n) is 4.08.